The van der Waals surface area contributed by atoms with Gasteiger partial charge in [0, 0.05) is 11.1 Å². The second kappa shape index (κ2) is 6.64. The van der Waals surface area contributed by atoms with Crippen molar-refractivity contribution in [2.24, 2.45) is 10.7 Å². The Morgan fingerprint density at radius 1 is 1.33 bits per heavy atom. The van der Waals surface area contributed by atoms with E-state index in [1.807, 2.05) is 24.3 Å². The van der Waals surface area contributed by atoms with Crippen LogP contribution >= 0.6 is 11.6 Å². The van der Waals surface area contributed by atoms with Crippen molar-refractivity contribution in [1.29, 1.82) is 0 Å². The van der Waals surface area contributed by atoms with E-state index >= 15 is 0 Å². The topological polar surface area (TPSA) is 50.4 Å². The summed E-state index contributed by atoms with van der Waals surface area (Å²) in [5.74, 6) is 0.543. The molecular formula is C14H20ClN3. The number of nitrogens with one attached hydrogen (secondary N) is 1. The number of nitrogens with zero attached hydrogens (tertiary/aromatic N) is 1. The van der Waals surface area contributed by atoms with Crippen LogP contribution in [0.25, 0.3) is 0 Å². The van der Waals surface area contributed by atoms with E-state index in [0.717, 1.165) is 10.6 Å². The van der Waals surface area contributed by atoms with E-state index in [-0.39, 0.29) is 0 Å². The maximum absolute atomic E-state index is 5.92. The van der Waals surface area contributed by atoms with Crippen LogP contribution in [0.1, 0.15) is 37.7 Å². The Kier molecular flexibility index (Phi) is 4.88. The maximum Gasteiger partial charge on any atom is 0.189 e. The Balaban J connectivity index is 1.84. The number of hydrogen-bond donors (Lipinski definition) is 2. The van der Waals surface area contributed by atoms with Gasteiger partial charge in [0.2, 0.25) is 0 Å². The van der Waals surface area contributed by atoms with E-state index in [4.69, 9.17) is 17.3 Å². The van der Waals surface area contributed by atoms with E-state index in [1.165, 1.54) is 32.1 Å². The van der Waals surface area contributed by atoms with Crippen LogP contribution in [-0.4, -0.2) is 12.0 Å². The van der Waals surface area contributed by atoms with Gasteiger partial charge in [0.15, 0.2) is 5.96 Å². The molecule has 98 valence electrons. The first-order valence-corrected chi connectivity index (χ1v) is 6.93. The molecule has 18 heavy (non-hydrogen) atoms. The van der Waals surface area contributed by atoms with Crippen LogP contribution in [0.4, 0.5) is 0 Å². The molecule has 1 aliphatic carbocycles. The zero-order valence-corrected chi connectivity index (χ0v) is 11.3. The molecule has 0 unspecified atom stereocenters. The Morgan fingerprint density at radius 3 is 2.83 bits per heavy atom. The van der Waals surface area contributed by atoms with Crippen LogP contribution in [-0.2, 0) is 6.54 Å². The van der Waals surface area contributed by atoms with Crippen LogP contribution in [0, 0.1) is 0 Å². The molecule has 0 bridgehead atoms. The van der Waals surface area contributed by atoms with Crippen molar-refractivity contribution in [1.82, 2.24) is 5.32 Å². The first-order valence-electron chi connectivity index (χ1n) is 6.55. The normalized spacial score (nSPS) is 17.7. The molecule has 0 aliphatic heterocycles. The number of benzene rings is 1. The molecule has 0 amide bonds. The first kappa shape index (κ1) is 13.2. The molecule has 1 aliphatic rings. The lowest BCUT2D eigenvalue weighted by atomic mass is 9.96. The summed E-state index contributed by atoms with van der Waals surface area (Å²) >= 11 is 5.92. The molecule has 3 nitrogen and oxygen atoms in total. The highest BCUT2D eigenvalue weighted by Crippen LogP contribution is 2.17. The lowest BCUT2D eigenvalue weighted by molar-refractivity contribution is 0.412. The monoisotopic (exact) mass is 265 g/mol. The highest BCUT2D eigenvalue weighted by molar-refractivity contribution is 6.30. The zero-order valence-electron chi connectivity index (χ0n) is 10.5. The van der Waals surface area contributed by atoms with Crippen LogP contribution < -0.4 is 11.1 Å². The molecular weight excluding hydrogens is 246 g/mol. The largest absolute Gasteiger partial charge is 0.370 e. The fourth-order valence-electron chi connectivity index (χ4n) is 2.31. The fourth-order valence-corrected chi connectivity index (χ4v) is 2.53. The van der Waals surface area contributed by atoms with Crippen molar-refractivity contribution in [2.75, 3.05) is 0 Å². The summed E-state index contributed by atoms with van der Waals surface area (Å²) in [7, 11) is 0. The minimum absolute atomic E-state index is 0.502. The zero-order chi connectivity index (χ0) is 12.8. The standard InChI is InChI=1S/C14H20ClN3/c15-12-6-4-5-11(9-12)10-17-14(16)18-13-7-2-1-3-8-13/h4-6,9,13H,1-3,7-8,10H2,(H3,16,17,18). The van der Waals surface area contributed by atoms with Gasteiger partial charge in [0.1, 0.15) is 0 Å². The third kappa shape index (κ3) is 4.22. The second-order valence-corrected chi connectivity index (χ2v) is 5.25. The molecule has 1 fully saturated rings. The third-order valence-corrected chi connectivity index (χ3v) is 3.51. The van der Waals surface area contributed by atoms with E-state index in [0.29, 0.717) is 18.5 Å². The summed E-state index contributed by atoms with van der Waals surface area (Å²) in [6.45, 7) is 0.576. The Bertz CT molecular complexity index is 411. The fraction of sp³-hybridized carbons (Fsp3) is 0.500. The van der Waals surface area contributed by atoms with Crippen LogP contribution in [0.3, 0.4) is 0 Å². The molecule has 0 saturated heterocycles. The van der Waals surface area contributed by atoms with Crippen molar-refractivity contribution >= 4 is 17.6 Å². The highest BCUT2D eigenvalue weighted by atomic mass is 35.5. The maximum atomic E-state index is 5.92. The van der Waals surface area contributed by atoms with Gasteiger partial charge in [0.05, 0.1) is 6.54 Å². The molecule has 1 aromatic carbocycles. The van der Waals surface area contributed by atoms with Gasteiger partial charge < -0.3 is 11.1 Å². The van der Waals surface area contributed by atoms with E-state index in [2.05, 4.69) is 10.3 Å². The number of guanidine groups is 1. The van der Waals surface area contributed by atoms with Gasteiger partial charge in [-0.05, 0) is 30.5 Å². The molecule has 0 spiro atoms. The van der Waals surface area contributed by atoms with Crippen molar-refractivity contribution in [2.45, 2.75) is 44.7 Å². The molecule has 0 aromatic heterocycles. The predicted molar refractivity (Wildman–Crippen MR) is 76.8 cm³/mol. The van der Waals surface area contributed by atoms with E-state index in [1.54, 1.807) is 0 Å². The minimum Gasteiger partial charge on any atom is -0.370 e. The van der Waals surface area contributed by atoms with Crippen molar-refractivity contribution in [3.8, 4) is 0 Å². The van der Waals surface area contributed by atoms with Gasteiger partial charge in [-0.15, -0.1) is 0 Å². The van der Waals surface area contributed by atoms with E-state index in [9.17, 15) is 0 Å². The number of hydrogen-bond acceptors (Lipinski definition) is 1. The van der Waals surface area contributed by atoms with Gasteiger partial charge >= 0.3 is 0 Å². The van der Waals surface area contributed by atoms with Gasteiger partial charge in [-0.3, -0.25) is 0 Å². The molecule has 2 rings (SSSR count). The van der Waals surface area contributed by atoms with Gasteiger partial charge in [-0.25, -0.2) is 4.99 Å². The van der Waals surface area contributed by atoms with Crippen molar-refractivity contribution < 1.29 is 0 Å². The van der Waals surface area contributed by atoms with Gasteiger partial charge in [-0.1, -0.05) is 43.0 Å². The van der Waals surface area contributed by atoms with Crippen LogP contribution in [0.2, 0.25) is 5.02 Å². The summed E-state index contributed by atoms with van der Waals surface area (Å²) in [5.41, 5.74) is 6.98. The summed E-state index contributed by atoms with van der Waals surface area (Å²) in [6, 6.07) is 8.21. The smallest absolute Gasteiger partial charge is 0.189 e. The summed E-state index contributed by atoms with van der Waals surface area (Å²) < 4.78 is 0. The van der Waals surface area contributed by atoms with Gasteiger partial charge in [0.25, 0.3) is 0 Å². The first-order chi connectivity index (χ1) is 8.74. The second-order valence-electron chi connectivity index (χ2n) is 4.81. The average Bonchev–Trinajstić information content (AvgIpc) is 2.38. The van der Waals surface area contributed by atoms with E-state index < -0.39 is 0 Å². The summed E-state index contributed by atoms with van der Waals surface area (Å²) in [6.07, 6.45) is 6.33. The third-order valence-electron chi connectivity index (χ3n) is 3.28. The quantitative estimate of drug-likeness (QED) is 0.652. The predicted octanol–water partition coefficient (Wildman–Crippen LogP) is 3.08. The minimum atomic E-state index is 0.502. The van der Waals surface area contributed by atoms with Crippen LogP contribution in [0.15, 0.2) is 29.3 Å². The molecule has 1 aromatic rings. The SMILES string of the molecule is NC(=NCc1cccc(Cl)c1)NC1CCCCC1. The number of aliphatic imine (C=N–C) groups is 1. The molecule has 4 heteroatoms. The molecule has 0 radical (unpaired) electrons. The molecule has 0 atom stereocenters. The average molecular weight is 266 g/mol. The molecule has 3 N–H and O–H groups in total. The van der Waals surface area contributed by atoms with Crippen LogP contribution in [0.5, 0.6) is 0 Å². The number of nitrogens with two attached hydrogens (primary N) is 1. The van der Waals surface area contributed by atoms with Gasteiger partial charge in [-0.2, -0.15) is 0 Å². The summed E-state index contributed by atoms with van der Waals surface area (Å²) in [5, 5.41) is 4.04. The van der Waals surface area contributed by atoms with Crippen molar-refractivity contribution in [3.05, 3.63) is 34.9 Å². The van der Waals surface area contributed by atoms with Crippen molar-refractivity contribution in [3.63, 3.8) is 0 Å². The Morgan fingerprint density at radius 2 is 2.11 bits per heavy atom. The molecule has 0 heterocycles. The summed E-state index contributed by atoms with van der Waals surface area (Å²) in [4.78, 5) is 4.35. The highest BCUT2D eigenvalue weighted by Gasteiger charge is 2.13. The Labute approximate surface area is 113 Å². The molecule has 1 saturated carbocycles. The Hall–Kier alpha value is -1.22. The number of rotatable bonds is 3. The lowest BCUT2D eigenvalue weighted by Gasteiger charge is -2.23. The lowest BCUT2D eigenvalue weighted by Crippen LogP contribution is -2.41. The number of halogens is 1.